The van der Waals surface area contributed by atoms with E-state index in [1.54, 1.807) is 42.2 Å². The van der Waals surface area contributed by atoms with Crippen LogP contribution in [0.5, 0.6) is 0 Å². The lowest BCUT2D eigenvalue weighted by molar-refractivity contribution is 0.603. The number of pyridine rings is 2. The van der Waals surface area contributed by atoms with E-state index < -0.39 is 10.0 Å². The van der Waals surface area contributed by atoms with Crippen molar-refractivity contribution in [2.24, 2.45) is 0 Å². The highest BCUT2D eigenvalue weighted by Crippen LogP contribution is 2.32. The maximum absolute atomic E-state index is 12.7. The molecule has 0 aliphatic rings. The van der Waals surface area contributed by atoms with Gasteiger partial charge in [0.15, 0.2) is 0 Å². The highest BCUT2D eigenvalue weighted by Gasteiger charge is 2.16. The quantitative estimate of drug-likeness (QED) is 0.352. The fourth-order valence-electron chi connectivity index (χ4n) is 3.68. The lowest BCUT2D eigenvalue weighted by Gasteiger charge is -2.12. The Bertz CT molecular complexity index is 1480. The zero-order valence-corrected chi connectivity index (χ0v) is 18.6. The third kappa shape index (κ3) is 4.26. The van der Waals surface area contributed by atoms with Crippen LogP contribution in [-0.4, -0.2) is 18.4 Å². The Labute approximate surface area is 190 Å². The third-order valence-electron chi connectivity index (χ3n) is 5.11. The summed E-state index contributed by atoms with van der Waals surface area (Å²) >= 11 is 1.19. The van der Waals surface area contributed by atoms with Crippen molar-refractivity contribution in [1.29, 1.82) is 0 Å². The summed E-state index contributed by atoms with van der Waals surface area (Å²) in [5.41, 5.74) is 5.58. The molecular weight excluding hydrogens is 438 g/mol. The fourth-order valence-corrected chi connectivity index (χ4v) is 5.73. The molecule has 5 rings (SSSR count). The van der Waals surface area contributed by atoms with Crippen LogP contribution in [0.1, 0.15) is 11.1 Å². The van der Waals surface area contributed by atoms with Gasteiger partial charge in [-0.2, -0.15) is 0 Å². The van der Waals surface area contributed by atoms with E-state index in [0.29, 0.717) is 5.69 Å². The first kappa shape index (κ1) is 20.4. The van der Waals surface area contributed by atoms with Crippen LogP contribution in [0.2, 0.25) is 0 Å². The van der Waals surface area contributed by atoms with Crippen LogP contribution in [0.25, 0.3) is 22.0 Å². The number of nitrogens with one attached hydrogen (secondary N) is 1. The fraction of sp³-hybridized carbons (Fsp3) is 0.0400. The Morgan fingerprint density at radius 3 is 2.53 bits per heavy atom. The monoisotopic (exact) mass is 457 g/mol. The average Bonchev–Trinajstić information content (AvgIpc) is 3.35. The number of anilines is 1. The van der Waals surface area contributed by atoms with Gasteiger partial charge >= 0.3 is 0 Å². The Balaban J connectivity index is 1.56. The summed E-state index contributed by atoms with van der Waals surface area (Å²) in [7, 11) is -3.61. The number of fused-ring (bicyclic) bond motifs is 1. The predicted octanol–water partition coefficient (Wildman–Crippen LogP) is 5.75. The Kier molecular flexibility index (Phi) is 5.43. The molecule has 7 heteroatoms. The first-order valence-corrected chi connectivity index (χ1v) is 12.4. The molecule has 3 heterocycles. The Hall–Kier alpha value is -3.55. The molecule has 0 radical (unpaired) electrons. The third-order valence-corrected chi connectivity index (χ3v) is 7.89. The van der Waals surface area contributed by atoms with Crippen molar-refractivity contribution in [3.05, 3.63) is 108 Å². The van der Waals surface area contributed by atoms with Crippen LogP contribution in [0.15, 0.2) is 101 Å². The molecule has 0 spiro atoms. The van der Waals surface area contributed by atoms with E-state index in [4.69, 9.17) is 0 Å². The van der Waals surface area contributed by atoms with E-state index in [-0.39, 0.29) is 4.21 Å². The second-order valence-electron chi connectivity index (χ2n) is 7.37. The van der Waals surface area contributed by atoms with Gasteiger partial charge in [-0.1, -0.05) is 24.3 Å². The molecule has 0 aliphatic heterocycles. The number of rotatable bonds is 6. The van der Waals surface area contributed by atoms with Gasteiger partial charge in [0.25, 0.3) is 10.0 Å². The molecule has 0 amide bonds. The highest BCUT2D eigenvalue weighted by atomic mass is 32.2. The number of benzene rings is 2. The zero-order valence-electron chi connectivity index (χ0n) is 17.0. The van der Waals surface area contributed by atoms with Crippen LogP contribution in [0.4, 0.5) is 5.69 Å². The lowest BCUT2D eigenvalue weighted by atomic mass is 9.96. The van der Waals surface area contributed by atoms with Gasteiger partial charge in [-0.25, -0.2) is 8.42 Å². The summed E-state index contributed by atoms with van der Waals surface area (Å²) in [6.07, 6.45) is 6.13. The van der Waals surface area contributed by atoms with Gasteiger partial charge in [0.1, 0.15) is 4.21 Å². The maximum Gasteiger partial charge on any atom is 0.271 e. The second-order valence-corrected chi connectivity index (χ2v) is 10.2. The predicted molar refractivity (Wildman–Crippen MR) is 129 cm³/mol. The molecule has 0 saturated carbocycles. The minimum absolute atomic E-state index is 0.286. The number of nitrogens with zero attached hydrogens (tertiary/aromatic N) is 2. The molecule has 158 valence electrons. The van der Waals surface area contributed by atoms with Gasteiger partial charge in [-0.3, -0.25) is 14.7 Å². The number of hydrogen-bond acceptors (Lipinski definition) is 5. The number of aromatic nitrogens is 2. The Morgan fingerprint density at radius 2 is 1.72 bits per heavy atom. The van der Waals surface area contributed by atoms with Crippen LogP contribution < -0.4 is 4.72 Å². The van der Waals surface area contributed by atoms with Crippen LogP contribution in [-0.2, 0) is 16.4 Å². The van der Waals surface area contributed by atoms with Crippen molar-refractivity contribution in [2.75, 3.05) is 4.72 Å². The normalized spacial score (nSPS) is 11.5. The van der Waals surface area contributed by atoms with Crippen molar-refractivity contribution in [1.82, 2.24) is 9.97 Å². The molecule has 3 aromatic heterocycles. The van der Waals surface area contributed by atoms with Crippen molar-refractivity contribution < 1.29 is 8.42 Å². The number of sulfonamides is 1. The molecule has 32 heavy (non-hydrogen) atoms. The molecule has 0 aliphatic carbocycles. The topological polar surface area (TPSA) is 72.0 Å². The van der Waals surface area contributed by atoms with Crippen LogP contribution >= 0.6 is 11.3 Å². The Morgan fingerprint density at radius 1 is 0.844 bits per heavy atom. The standard InChI is InChI=1S/C25H19N3O2S2/c29-32(30,24-7-3-13-31-24)28-22-6-1-4-20(17-22)23-16-19(14-18-8-11-26-12-9-18)15-21-5-2-10-27-25(21)23/h1-13,15-17,28H,14H2. The second kappa shape index (κ2) is 8.53. The molecule has 5 aromatic rings. The molecule has 2 aromatic carbocycles. The molecule has 0 unspecified atom stereocenters. The highest BCUT2D eigenvalue weighted by molar-refractivity contribution is 7.94. The van der Waals surface area contributed by atoms with Gasteiger partial charge in [0, 0.05) is 35.2 Å². The minimum atomic E-state index is -3.61. The van der Waals surface area contributed by atoms with Crippen molar-refractivity contribution in [3.8, 4) is 11.1 Å². The van der Waals surface area contributed by atoms with Crippen LogP contribution in [0.3, 0.4) is 0 Å². The van der Waals surface area contributed by atoms with E-state index in [1.807, 2.05) is 42.5 Å². The molecule has 1 N–H and O–H groups in total. The van der Waals surface area contributed by atoms with Crippen molar-refractivity contribution in [2.45, 2.75) is 10.6 Å². The summed E-state index contributed by atoms with van der Waals surface area (Å²) in [6.45, 7) is 0. The molecule has 0 fully saturated rings. The summed E-state index contributed by atoms with van der Waals surface area (Å²) in [5.74, 6) is 0. The van der Waals surface area contributed by atoms with E-state index >= 15 is 0 Å². The van der Waals surface area contributed by atoms with Gasteiger partial charge in [-0.15, -0.1) is 11.3 Å². The van der Waals surface area contributed by atoms with Gasteiger partial charge in [-0.05, 0) is 77.0 Å². The smallest absolute Gasteiger partial charge is 0.271 e. The summed E-state index contributed by atoms with van der Waals surface area (Å²) < 4.78 is 28.3. The molecule has 5 nitrogen and oxygen atoms in total. The van der Waals surface area contributed by atoms with Crippen LogP contribution in [0, 0.1) is 0 Å². The molecule has 0 bridgehead atoms. The van der Waals surface area contributed by atoms with Crippen molar-refractivity contribution >= 4 is 38.0 Å². The van der Waals surface area contributed by atoms with E-state index in [0.717, 1.165) is 34.0 Å². The van der Waals surface area contributed by atoms with Gasteiger partial charge in [0.2, 0.25) is 0 Å². The first-order chi connectivity index (χ1) is 15.6. The van der Waals surface area contributed by atoms with E-state index in [2.05, 4.69) is 26.8 Å². The average molecular weight is 458 g/mol. The summed E-state index contributed by atoms with van der Waals surface area (Å²) in [4.78, 5) is 8.70. The molecule has 0 atom stereocenters. The molecule has 0 saturated heterocycles. The van der Waals surface area contributed by atoms with Crippen molar-refractivity contribution in [3.63, 3.8) is 0 Å². The van der Waals surface area contributed by atoms with Gasteiger partial charge in [0.05, 0.1) is 5.52 Å². The number of hydrogen-bond donors (Lipinski definition) is 1. The summed E-state index contributed by atoms with van der Waals surface area (Å²) in [6, 6.07) is 23.0. The van der Waals surface area contributed by atoms with E-state index in [1.165, 1.54) is 16.9 Å². The SMILES string of the molecule is O=S(=O)(Nc1cccc(-c2cc(Cc3ccncc3)cc3cccnc23)c1)c1cccs1. The van der Waals surface area contributed by atoms with E-state index in [9.17, 15) is 8.42 Å². The van der Waals surface area contributed by atoms with Gasteiger partial charge < -0.3 is 0 Å². The minimum Gasteiger partial charge on any atom is -0.279 e. The largest absolute Gasteiger partial charge is 0.279 e. The molecular formula is C25H19N3O2S2. The summed E-state index contributed by atoms with van der Waals surface area (Å²) in [5, 5.41) is 2.79. The first-order valence-electron chi connectivity index (χ1n) is 10.0. The maximum atomic E-state index is 12.7. The number of thiophene rings is 1. The lowest BCUT2D eigenvalue weighted by Crippen LogP contribution is -2.11. The zero-order chi connectivity index (χ0) is 22.0.